The second-order valence-corrected chi connectivity index (χ2v) is 5.52. The lowest BCUT2D eigenvalue weighted by Gasteiger charge is -2.24. The molecule has 1 aromatic carbocycles. The number of hydrogen-bond acceptors (Lipinski definition) is 6. The van der Waals surface area contributed by atoms with Crippen molar-refractivity contribution in [3.63, 3.8) is 0 Å². The zero-order valence-corrected chi connectivity index (χ0v) is 12.7. The van der Waals surface area contributed by atoms with Crippen LogP contribution >= 0.6 is 0 Å². The lowest BCUT2D eigenvalue weighted by molar-refractivity contribution is -0.192. The van der Waals surface area contributed by atoms with Gasteiger partial charge < -0.3 is 18.6 Å². The van der Waals surface area contributed by atoms with Crippen molar-refractivity contribution in [3.05, 3.63) is 48.2 Å². The highest BCUT2D eigenvalue weighted by Gasteiger charge is 2.47. The number of rotatable bonds is 5. The largest absolute Gasteiger partial charge is 0.455 e. The van der Waals surface area contributed by atoms with Crippen molar-refractivity contribution in [2.75, 3.05) is 20.3 Å². The Morgan fingerprint density at radius 3 is 3.09 bits per heavy atom. The summed E-state index contributed by atoms with van der Waals surface area (Å²) in [4.78, 5) is 4.18. The van der Waals surface area contributed by atoms with E-state index in [4.69, 9.17) is 18.6 Å². The second-order valence-electron chi connectivity index (χ2n) is 5.52. The van der Waals surface area contributed by atoms with Crippen LogP contribution in [0.15, 0.2) is 41.1 Å². The molecule has 0 spiro atoms. The van der Waals surface area contributed by atoms with Gasteiger partial charge in [0.25, 0.3) is 0 Å². The molecule has 1 aliphatic rings. The summed E-state index contributed by atoms with van der Waals surface area (Å²) >= 11 is 0. The van der Waals surface area contributed by atoms with E-state index in [0.717, 1.165) is 11.0 Å². The van der Waals surface area contributed by atoms with Crippen molar-refractivity contribution in [1.29, 1.82) is 0 Å². The van der Waals surface area contributed by atoms with E-state index in [9.17, 15) is 0 Å². The van der Waals surface area contributed by atoms with Gasteiger partial charge in [0.15, 0.2) is 5.76 Å². The molecule has 0 radical (unpaired) electrons. The predicted molar refractivity (Wildman–Crippen MR) is 80.7 cm³/mol. The fourth-order valence-corrected chi connectivity index (χ4v) is 2.85. The zero-order valence-electron chi connectivity index (χ0n) is 12.7. The third kappa shape index (κ3) is 2.63. The first-order chi connectivity index (χ1) is 11.3. The van der Waals surface area contributed by atoms with Crippen LogP contribution in [-0.2, 0) is 26.4 Å². The molecular weight excluding hydrogens is 298 g/mol. The van der Waals surface area contributed by atoms with Crippen LogP contribution in [0.1, 0.15) is 11.6 Å². The summed E-state index contributed by atoms with van der Waals surface area (Å²) in [5, 5.41) is 7.73. The normalized spacial score (nSPS) is 24.5. The number of ether oxygens (including phenoxy) is 3. The van der Waals surface area contributed by atoms with Crippen LogP contribution in [0.2, 0.25) is 0 Å². The molecule has 4 rings (SSSR count). The highest BCUT2D eigenvalue weighted by molar-refractivity contribution is 5.77. The van der Waals surface area contributed by atoms with Gasteiger partial charge >= 0.3 is 0 Å². The Morgan fingerprint density at radius 2 is 2.30 bits per heavy atom. The first-order valence-corrected chi connectivity index (χ1v) is 7.43. The maximum atomic E-state index is 6.15. The molecule has 120 valence electrons. The molecule has 1 saturated heterocycles. The lowest BCUT2D eigenvalue weighted by atomic mass is 10.1. The second kappa shape index (κ2) is 5.77. The Balaban J connectivity index is 1.72. The molecule has 0 bridgehead atoms. The fourth-order valence-electron chi connectivity index (χ4n) is 2.85. The van der Waals surface area contributed by atoms with Gasteiger partial charge in [-0.05, 0) is 12.1 Å². The summed E-state index contributed by atoms with van der Waals surface area (Å²) in [5.41, 5.74) is 0.793. The van der Waals surface area contributed by atoms with Crippen molar-refractivity contribution in [1.82, 2.24) is 15.2 Å². The molecule has 0 unspecified atom stereocenters. The van der Waals surface area contributed by atoms with Gasteiger partial charge in [0, 0.05) is 12.5 Å². The topological polar surface area (TPSA) is 82.4 Å². The minimum Gasteiger partial charge on any atom is -0.455 e. The quantitative estimate of drug-likeness (QED) is 0.775. The molecule has 0 saturated carbocycles. The number of para-hydroxylation sites is 1. The third-order valence-corrected chi connectivity index (χ3v) is 3.88. The zero-order chi connectivity index (χ0) is 15.7. The van der Waals surface area contributed by atoms with Crippen molar-refractivity contribution < 1.29 is 18.6 Å². The number of aromatic amines is 1. The van der Waals surface area contributed by atoms with E-state index in [1.54, 1.807) is 7.11 Å². The number of H-pyrrole nitrogens is 1. The van der Waals surface area contributed by atoms with Gasteiger partial charge in [0.1, 0.15) is 23.8 Å². The monoisotopic (exact) mass is 315 g/mol. The molecule has 0 aliphatic carbocycles. The number of furan rings is 1. The first kappa shape index (κ1) is 14.4. The summed E-state index contributed by atoms with van der Waals surface area (Å²) in [7, 11) is 1.64. The van der Waals surface area contributed by atoms with Crippen molar-refractivity contribution in [3.8, 4) is 0 Å². The van der Waals surface area contributed by atoms with Crippen LogP contribution in [-0.4, -0.2) is 41.6 Å². The number of hydrogen-bond donors (Lipinski definition) is 1. The van der Waals surface area contributed by atoms with Gasteiger partial charge in [0.05, 0.1) is 19.6 Å². The highest BCUT2D eigenvalue weighted by Crippen LogP contribution is 2.39. The Bertz CT molecular complexity index is 753. The standard InChI is InChI=1S/C16H17N3O4/c1-20-8-12-9-21-16(23-12,7-15-17-10-18-19-15)14-6-11-4-2-3-5-13(11)22-14/h2-6,10,12H,7-9H2,1H3,(H,17,18,19)/t12-,16+/m1/s1. The predicted octanol–water partition coefficient (Wildman–Crippen LogP) is 2.01. The average Bonchev–Trinajstić information content (AvgIpc) is 3.28. The number of benzene rings is 1. The molecule has 23 heavy (non-hydrogen) atoms. The summed E-state index contributed by atoms with van der Waals surface area (Å²) in [6.07, 6.45) is 1.69. The van der Waals surface area contributed by atoms with Gasteiger partial charge in [-0.1, -0.05) is 18.2 Å². The van der Waals surface area contributed by atoms with E-state index in [-0.39, 0.29) is 6.10 Å². The average molecular weight is 315 g/mol. The number of nitrogens with one attached hydrogen (secondary N) is 1. The summed E-state index contributed by atoms with van der Waals surface area (Å²) in [6, 6.07) is 9.76. The minimum atomic E-state index is -1.03. The molecule has 0 amide bonds. The SMILES string of the molecule is COC[C@@H]1CO[C@](Cc2ncn[nH]2)(c2cc3ccccc3o2)O1. The summed E-state index contributed by atoms with van der Waals surface area (Å²) in [6.45, 7) is 0.886. The Labute approximate surface area is 132 Å². The van der Waals surface area contributed by atoms with E-state index in [2.05, 4.69) is 15.2 Å². The molecule has 1 fully saturated rings. The maximum Gasteiger partial charge on any atom is 0.236 e. The Kier molecular flexibility index (Phi) is 3.60. The Morgan fingerprint density at radius 1 is 1.39 bits per heavy atom. The van der Waals surface area contributed by atoms with Crippen LogP contribution in [0.5, 0.6) is 0 Å². The maximum absolute atomic E-state index is 6.15. The van der Waals surface area contributed by atoms with Crippen LogP contribution in [0, 0.1) is 0 Å². The van der Waals surface area contributed by atoms with Gasteiger partial charge in [-0.15, -0.1) is 0 Å². The van der Waals surface area contributed by atoms with E-state index >= 15 is 0 Å². The molecule has 7 heteroatoms. The van der Waals surface area contributed by atoms with Gasteiger partial charge in [0.2, 0.25) is 5.79 Å². The first-order valence-electron chi connectivity index (χ1n) is 7.43. The minimum absolute atomic E-state index is 0.156. The van der Waals surface area contributed by atoms with Crippen LogP contribution < -0.4 is 0 Å². The summed E-state index contributed by atoms with van der Waals surface area (Å²) < 4.78 is 23.3. The van der Waals surface area contributed by atoms with Crippen molar-refractivity contribution in [2.24, 2.45) is 0 Å². The van der Waals surface area contributed by atoms with E-state index in [0.29, 0.717) is 31.2 Å². The van der Waals surface area contributed by atoms with Crippen molar-refractivity contribution >= 4 is 11.0 Å². The molecule has 3 aromatic rings. The number of aromatic nitrogens is 3. The molecule has 7 nitrogen and oxygen atoms in total. The molecule has 1 N–H and O–H groups in total. The van der Waals surface area contributed by atoms with Gasteiger partial charge in [-0.2, -0.15) is 5.10 Å². The van der Waals surface area contributed by atoms with Crippen molar-refractivity contribution in [2.45, 2.75) is 18.3 Å². The van der Waals surface area contributed by atoms with Crippen LogP contribution in [0.3, 0.4) is 0 Å². The molecule has 2 aromatic heterocycles. The van der Waals surface area contributed by atoms with E-state index in [1.807, 2.05) is 30.3 Å². The van der Waals surface area contributed by atoms with E-state index in [1.165, 1.54) is 6.33 Å². The lowest BCUT2D eigenvalue weighted by Crippen LogP contribution is -2.31. The van der Waals surface area contributed by atoms with Crippen LogP contribution in [0.4, 0.5) is 0 Å². The molecule has 1 aliphatic heterocycles. The Hall–Kier alpha value is -2.22. The molecule has 3 heterocycles. The molecular formula is C16H17N3O4. The number of nitrogens with zero attached hydrogens (tertiary/aromatic N) is 2. The number of fused-ring (bicyclic) bond motifs is 1. The fraction of sp³-hybridized carbons (Fsp3) is 0.375. The van der Waals surface area contributed by atoms with Crippen LogP contribution in [0.25, 0.3) is 11.0 Å². The third-order valence-electron chi connectivity index (χ3n) is 3.88. The van der Waals surface area contributed by atoms with Gasteiger partial charge in [-0.3, -0.25) is 5.10 Å². The highest BCUT2D eigenvalue weighted by atomic mass is 16.8. The number of methoxy groups -OCH3 is 1. The summed E-state index contributed by atoms with van der Waals surface area (Å²) in [5.74, 6) is 0.263. The smallest absolute Gasteiger partial charge is 0.236 e. The molecule has 2 atom stereocenters. The van der Waals surface area contributed by atoms with Gasteiger partial charge in [-0.25, -0.2) is 4.98 Å². The van der Waals surface area contributed by atoms with E-state index < -0.39 is 5.79 Å².